The summed E-state index contributed by atoms with van der Waals surface area (Å²) in [4.78, 5) is 0. The van der Waals surface area contributed by atoms with Crippen molar-refractivity contribution in [1.82, 2.24) is 9.88 Å². The minimum absolute atomic E-state index is 0.00114. The molecule has 0 radical (unpaired) electrons. The van der Waals surface area contributed by atoms with Crippen LogP contribution in [0.2, 0.25) is 0 Å². The highest BCUT2D eigenvalue weighted by atomic mass is 15.2. The molecule has 53 heavy (non-hydrogen) atoms. The van der Waals surface area contributed by atoms with Gasteiger partial charge in [0, 0.05) is 38.4 Å². The largest absolute Gasteiger partial charge is 0.309 e. The highest BCUT2D eigenvalue weighted by Gasteiger charge is 2.29. The smallest absolute Gasteiger partial charge is 0.171 e. The minimum atomic E-state index is 0.00114. The van der Waals surface area contributed by atoms with Gasteiger partial charge in [0.05, 0.1) is 17.1 Å². The van der Waals surface area contributed by atoms with E-state index in [1.165, 1.54) is 87.3 Å². The summed E-state index contributed by atoms with van der Waals surface area (Å²) < 4.78 is 2.51. The van der Waals surface area contributed by atoms with Gasteiger partial charge in [-0.15, -0.1) is 0 Å². The molecule has 3 N–H and O–H groups in total. The number of nitrogens with one attached hydrogen (secondary N) is 1. The quantitative estimate of drug-likeness (QED) is 0.179. The van der Waals surface area contributed by atoms with E-state index in [-0.39, 0.29) is 12.2 Å². The first-order chi connectivity index (χ1) is 26.3. The third-order valence-corrected chi connectivity index (χ3v) is 11.3. The molecule has 0 spiro atoms. The Kier molecular flexibility index (Phi) is 6.84. The molecule has 0 saturated carbocycles. The van der Waals surface area contributed by atoms with E-state index < -0.39 is 0 Å². The van der Waals surface area contributed by atoms with Gasteiger partial charge in [-0.2, -0.15) is 0 Å². The summed E-state index contributed by atoms with van der Waals surface area (Å²) in [5.74, 6) is 0. The number of hydrogen-bond acceptors (Lipinski definition) is 1. The average molecular weight is 679 g/mol. The second-order valence-corrected chi connectivity index (χ2v) is 14.3. The highest BCUT2D eigenvalue weighted by Crippen LogP contribution is 2.44. The molecule has 250 valence electrons. The fraction of sp³-hybridized carbons (Fsp3) is 0.0400. The monoisotopic (exact) mass is 678 g/mol. The fourth-order valence-electron chi connectivity index (χ4n) is 8.87. The molecule has 0 saturated heterocycles. The lowest BCUT2D eigenvalue weighted by Crippen LogP contribution is -2.87. The van der Waals surface area contributed by atoms with E-state index >= 15 is 0 Å². The lowest BCUT2D eigenvalue weighted by atomic mass is 9.93. The molecule has 0 fully saturated rings. The molecule has 1 aliphatic heterocycles. The van der Waals surface area contributed by atoms with Crippen molar-refractivity contribution in [3.8, 4) is 5.69 Å². The van der Waals surface area contributed by atoms with Crippen molar-refractivity contribution in [2.45, 2.75) is 12.2 Å². The van der Waals surface area contributed by atoms with Gasteiger partial charge in [0.15, 0.2) is 6.17 Å². The van der Waals surface area contributed by atoms with Crippen LogP contribution in [0.4, 0.5) is 0 Å². The molecule has 3 nitrogen and oxygen atoms in total. The molecule has 1 aliphatic rings. The maximum absolute atomic E-state index is 4.00. The van der Waals surface area contributed by atoms with E-state index in [4.69, 9.17) is 0 Å². The number of nitrogens with zero attached hydrogens (tertiary/aromatic N) is 1. The van der Waals surface area contributed by atoms with Gasteiger partial charge >= 0.3 is 0 Å². The maximum atomic E-state index is 4.00. The Bertz CT molecular complexity index is 3080. The maximum Gasteiger partial charge on any atom is 0.171 e. The van der Waals surface area contributed by atoms with Crippen LogP contribution in [0.1, 0.15) is 28.9 Å². The van der Waals surface area contributed by atoms with E-state index in [0.717, 1.165) is 5.69 Å². The Balaban J connectivity index is 1.12. The number of benzene rings is 9. The van der Waals surface area contributed by atoms with Crippen LogP contribution in [-0.4, -0.2) is 4.57 Å². The second kappa shape index (κ2) is 12.0. The van der Waals surface area contributed by atoms with Gasteiger partial charge in [0.2, 0.25) is 0 Å². The summed E-state index contributed by atoms with van der Waals surface area (Å²) in [5, 5.41) is 19.2. The van der Waals surface area contributed by atoms with Crippen LogP contribution in [0.25, 0.3) is 76.3 Å². The molecule has 11 rings (SSSR count). The lowest BCUT2D eigenvalue weighted by molar-refractivity contribution is -0.621. The SMILES string of the molecule is C1=C(c2ccc3ccccc3c2)[NH2+]C(c2cccc(-n3c4ccccc4c4c5c6ccccc6ccc5c5ccccc5c43)c2)NC1c1ccccc1. The minimum Gasteiger partial charge on any atom is -0.309 e. The molecule has 2 heterocycles. The summed E-state index contributed by atoms with van der Waals surface area (Å²) in [6, 6.07) is 66.8. The molecular formula is C50H36N3+. The summed E-state index contributed by atoms with van der Waals surface area (Å²) in [5.41, 5.74) is 8.60. The Morgan fingerprint density at radius 1 is 0.453 bits per heavy atom. The Labute approximate surface area is 307 Å². The normalized spacial score (nSPS) is 16.3. The Morgan fingerprint density at radius 3 is 2.00 bits per heavy atom. The number of hydrogen-bond donors (Lipinski definition) is 2. The molecule has 9 aromatic carbocycles. The first kappa shape index (κ1) is 30.1. The van der Waals surface area contributed by atoms with Gasteiger partial charge in [-0.3, -0.25) is 10.6 Å². The number of fused-ring (bicyclic) bond motifs is 11. The predicted octanol–water partition coefficient (Wildman–Crippen LogP) is 11.3. The molecule has 10 aromatic rings. The Morgan fingerprint density at radius 2 is 1.13 bits per heavy atom. The van der Waals surface area contributed by atoms with Gasteiger partial charge < -0.3 is 4.57 Å². The first-order valence-corrected chi connectivity index (χ1v) is 18.5. The molecule has 0 amide bonds. The molecule has 2 unspecified atom stereocenters. The van der Waals surface area contributed by atoms with Gasteiger partial charge in [-0.05, 0) is 74.3 Å². The highest BCUT2D eigenvalue weighted by molar-refractivity contribution is 6.36. The molecule has 2 atom stereocenters. The number of rotatable bonds is 4. The van der Waals surface area contributed by atoms with Gasteiger partial charge in [-0.1, -0.05) is 152 Å². The van der Waals surface area contributed by atoms with Crippen LogP contribution in [0.15, 0.2) is 188 Å². The van der Waals surface area contributed by atoms with E-state index in [0.29, 0.717) is 0 Å². The summed E-state index contributed by atoms with van der Waals surface area (Å²) >= 11 is 0. The number of para-hydroxylation sites is 1. The average Bonchev–Trinajstić information content (AvgIpc) is 3.59. The number of aromatic nitrogens is 1. The fourth-order valence-corrected chi connectivity index (χ4v) is 8.87. The van der Waals surface area contributed by atoms with Crippen LogP contribution in [0.5, 0.6) is 0 Å². The second-order valence-electron chi connectivity index (χ2n) is 14.3. The number of quaternary nitrogens is 1. The van der Waals surface area contributed by atoms with Crippen LogP contribution in [0.3, 0.4) is 0 Å². The van der Waals surface area contributed by atoms with Crippen molar-refractivity contribution in [2.75, 3.05) is 0 Å². The van der Waals surface area contributed by atoms with E-state index in [1.54, 1.807) is 0 Å². The van der Waals surface area contributed by atoms with Crippen molar-refractivity contribution in [2.24, 2.45) is 0 Å². The summed E-state index contributed by atoms with van der Waals surface area (Å²) in [6.07, 6.45) is 2.38. The first-order valence-electron chi connectivity index (χ1n) is 18.5. The van der Waals surface area contributed by atoms with Gasteiger partial charge in [0.1, 0.15) is 5.70 Å². The van der Waals surface area contributed by atoms with Crippen LogP contribution in [0, 0.1) is 0 Å². The van der Waals surface area contributed by atoms with Crippen molar-refractivity contribution < 1.29 is 5.32 Å². The third kappa shape index (κ3) is 4.83. The van der Waals surface area contributed by atoms with E-state index in [9.17, 15) is 0 Å². The molecule has 0 bridgehead atoms. The van der Waals surface area contributed by atoms with Crippen molar-refractivity contribution in [1.29, 1.82) is 0 Å². The van der Waals surface area contributed by atoms with Crippen LogP contribution in [-0.2, 0) is 0 Å². The number of nitrogens with two attached hydrogens (primary N) is 1. The van der Waals surface area contributed by atoms with Crippen molar-refractivity contribution in [3.05, 3.63) is 205 Å². The Hall–Kier alpha value is -6.52. The van der Waals surface area contributed by atoms with Gasteiger partial charge in [-0.25, -0.2) is 0 Å². The van der Waals surface area contributed by atoms with E-state index in [2.05, 4.69) is 203 Å². The zero-order valence-electron chi connectivity index (χ0n) is 29.1. The zero-order chi connectivity index (χ0) is 34.9. The van der Waals surface area contributed by atoms with Crippen molar-refractivity contribution in [3.63, 3.8) is 0 Å². The van der Waals surface area contributed by atoms with Crippen LogP contribution < -0.4 is 10.6 Å². The molecular weight excluding hydrogens is 643 g/mol. The third-order valence-electron chi connectivity index (χ3n) is 11.3. The standard InChI is InChI=1S/C50H35N3/c1-2-15-34(16-3-1)44-31-45(36-26-25-32-13-4-5-17-35(32)29-36)52-50(51-44)37-18-12-19-38(30-37)53-46-24-11-10-23-43(46)48-47-39-20-7-6-14-33(39)27-28-41(47)40-21-8-9-22-42(40)49(48)53/h1-31,44,50-52H/p+1. The summed E-state index contributed by atoms with van der Waals surface area (Å²) in [6.45, 7) is 0. The van der Waals surface area contributed by atoms with Crippen molar-refractivity contribution >= 4 is 70.6 Å². The molecule has 3 heteroatoms. The predicted molar refractivity (Wildman–Crippen MR) is 222 cm³/mol. The molecule has 0 aliphatic carbocycles. The zero-order valence-corrected chi connectivity index (χ0v) is 29.1. The summed E-state index contributed by atoms with van der Waals surface area (Å²) in [7, 11) is 0. The molecule has 1 aromatic heterocycles. The topological polar surface area (TPSA) is 33.6 Å². The lowest BCUT2D eigenvalue weighted by Gasteiger charge is -2.29. The van der Waals surface area contributed by atoms with Gasteiger partial charge in [0.25, 0.3) is 0 Å². The van der Waals surface area contributed by atoms with Crippen LogP contribution >= 0.6 is 0 Å². The van der Waals surface area contributed by atoms with E-state index in [1.807, 2.05) is 0 Å².